The molecule has 0 bridgehead atoms. The molecule has 3 rings (SSSR count). The summed E-state index contributed by atoms with van der Waals surface area (Å²) in [4.78, 5) is 5.00. The molecule has 0 spiro atoms. The second-order valence-electron chi connectivity index (χ2n) is 5.76. The molecule has 1 radical (unpaired) electrons. The Hall–Kier alpha value is 0.382. The van der Waals surface area contributed by atoms with Gasteiger partial charge >= 0.3 is 0 Å². The molecule has 1 saturated heterocycles. The smallest absolute Gasteiger partial charge is 0.0491 e. The van der Waals surface area contributed by atoms with Crippen LogP contribution in [0.15, 0.2) is 24.3 Å². The number of anilines is 1. The van der Waals surface area contributed by atoms with Gasteiger partial charge in [-0.05, 0) is 31.0 Å². The number of para-hydroxylation sites is 1. The zero-order chi connectivity index (χ0) is 13.2. The van der Waals surface area contributed by atoms with E-state index in [0.717, 1.165) is 32.6 Å². The van der Waals surface area contributed by atoms with Gasteiger partial charge in [0.05, 0.1) is 0 Å². The molecule has 0 amide bonds. The fraction of sp³-hybridized carbons (Fsp3) is 0.625. The fourth-order valence-corrected chi connectivity index (χ4v) is 3.68. The normalized spacial score (nSPS) is 26.2. The number of benzene rings is 1. The molecular weight excluding hydrogens is 463 g/mol. The van der Waals surface area contributed by atoms with Crippen molar-refractivity contribution in [1.29, 1.82) is 0 Å². The van der Waals surface area contributed by atoms with Crippen molar-refractivity contribution < 1.29 is 49.2 Å². The van der Waals surface area contributed by atoms with Crippen LogP contribution in [0.1, 0.15) is 18.9 Å². The van der Waals surface area contributed by atoms with Crippen molar-refractivity contribution in [3.05, 3.63) is 29.8 Å². The predicted octanol–water partition coefficient (Wildman–Crippen LogP) is 1.75. The van der Waals surface area contributed by atoms with Gasteiger partial charge in [-0.1, -0.05) is 25.1 Å². The fourth-order valence-electron chi connectivity index (χ4n) is 3.68. The zero-order valence-corrected chi connectivity index (χ0v) is 17.1. The number of aliphatic hydroxyl groups is 1. The molecule has 2 aliphatic rings. The van der Waals surface area contributed by atoms with Crippen molar-refractivity contribution in [3.8, 4) is 0 Å². The summed E-state index contributed by atoms with van der Waals surface area (Å²) in [6.45, 7) is 6.93. The summed E-state index contributed by atoms with van der Waals surface area (Å²) in [5.41, 5.74) is 2.87. The van der Waals surface area contributed by atoms with Crippen LogP contribution in [0.5, 0.6) is 0 Å². The van der Waals surface area contributed by atoms with E-state index in [2.05, 4.69) is 41.0 Å². The summed E-state index contributed by atoms with van der Waals surface area (Å²) in [5, 5.41) is 9.73. The molecule has 1 aromatic carbocycles. The molecule has 1 N–H and O–H groups in total. The average molecular weight is 487 g/mol. The Morgan fingerprint density at radius 1 is 1.25 bits per heavy atom. The molecular formula is C16H24AcN2O. The van der Waals surface area contributed by atoms with Gasteiger partial charge in [0.15, 0.2) is 0 Å². The summed E-state index contributed by atoms with van der Waals surface area (Å²) >= 11 is 0. The van der Waals surface area contributed by atoms with Crippen LogP contribution >= 0.6 is 0 Å². The topological polar surface area (TPSA) is 26.7 Å². The molecule has 2 unspecified atom stereocenters. The Morgan fingerprint density at radius 2 is 2.05 bits per heavy atom. The molecule has 2 atom stereocenters. The maximum atomic E-state index is 9.73. The van der Waals surface area contributed by atoms with E-state index in [9.17, 15) is 5.11 Å². The van der Waals surface area contributed by atoms with Gasteiger partial charge in [-0.15, -0.1) is 0 Å². The molecule has 107 valence electrons. The molecule has 2 aliphatic heterocycles. The van der Waals surface area contributed by atoms with Gasteiger partial charge in [0.1, 0.15) is 0 Å². The first-order chi connectivity index (χ1) is 9.33. The van der Waals surface area contributed by atoms with Gasteiger partial charge < -0.3 is 14.9 Å². The maximum absolute atomic E-state index is 9.73. The average Bonchev–Trinajstić information content (AvgIpc) is 2.90. The van der Waals surface area contributed by atoms with Crippen molar-refractivity contribution in [2.24, 2.45) is 5.92 Å². The van der Waals surface area contributed by atoms with Crippen molar-refractivity contribution in [1.82, 2.24) is 4.90 Å². The van der Waals surface area contributed by atoms with Crippen LogP contribution < -0.4 is 4.90 Å². The Morgan fingerprint density at radius 3 is 2.80 bits per heavy atom. The molecule has 0 aromatic heterocycles. The molecule has 4 heteroatoms. The summed E-state index contributed by atoms with van der Waals surface area (Å²) in [6.07, 6.45) is 2.33. The number of nitrogens with zero attached hydrogens (tertiary/aromatic N) is 2. The Kier molecular flexibility index (Phi) is 6.35. The molecule has 0 saturated carbocycles. The molecule has 0 aliphatic carbocycles. The molecule has 2 heterocycles. The molecule has 3 nitrogen and oxygen atoms in total. The number of fused-ring (bicyclic) bond motifs is 1. The third-order valence-electron chi connectivity index (χ3n) is 4.78. The third-order valence-corrected chi connectivity index (χ3v) is 4.78. The molecule has 1 fully saturated rings. The van der Waals surface area contributed by atoms with Crippen LogP contribution in [0, 0.1) is 50.0 Å². The zero-order valence-electron chi connectivity index (χ0n) is 12.3. The summed E-state index contributed by atoms with van der Waals surface area (Å²) in [5.74, 6) is 0.389. The van der Waals surface area contributed by atoms with E-state index in [-0.39, 0.29) is 44.1 Å². The van der Waals surface area contributed by atoms with Gasteiger partial charge in [-0.2, -0.15) is 0 Å². The Labute approximate surface area is 157 Å². The van der Waals surface area contributed by atoms with Crippen LogP contribution in [0.25, 0.3) is 0 Å². The van der Waals surface area contributed by atoms with Gasteiger partial charge in [0.2, 0.25) is 0 Å². The number of hydrogen-bond donors (Lipinski definition) is 1. The number of aliphatic hydroxyl groups excluding tert-OH is 1. The van der Waals surface area contributed by atoms with Crippen LogP contribution in [0.4, 0.5) is 5.69 Å². The monoisotopic (exact) mass is 487 g/mol. The van der Waals surface area contributed by atoms with E-state index in [1.807, 2.05) is 0 Å². The number of hydrogen-bond acceptors (Lipinski definition) is 3. The van der Waals surface area contributed by atoms with Crippen molar-refractivity contribution in [2.75, 3.05) is 37.7 Å². The van der Waals surface area contributed by atoms with Gasteiger partial charge in [-0.3, -0.25) is 0 Å². The van der Waals surface area contributed by atoms with Crippen LogP contribution in [0.3, 0.4) is 0 Å². The SMILES string of the molecule is CCN1CCC(N2CCc3ccccc32)C(CO)C1.[Ac]. The van der Waals surface area contributed by atoms with Gasteiger partial charge in [0, 0.05) is 88.0 Å². The first-order valence-electron chi connectivity index (χ1n) is 7.51. The molecule has 20 heavy (non-hydrogen) atoms. The minimum absolute atomic E-state index is 0. The van der Waals surface area contributed by atoms with Crippen molar-refractivity contribution in [3.63, 3.8) is 0 Å². The first kappa shape index (κ1) is 16.7. The van der Waals surface area contributed by atoms with Crippen molar-refractivity contribution >= 4 is 5.69 Å². The van der Waals surface area contributed by atoms with E-state index < -0.39 is 0 Å². The van der Waals surface area contributed by atoms with Crippen LogP contribution in [-0.4, -0.2) is 48.8 Å². The number of likely N-dealkylation sites (tertiary alicyclic amines) is 1. The van der Waals surface area contributed by atoms with Crippen LogP contribution in [0.2, 0.25) is 0 Å². The predicted molar refractivity (Wildman–Crippen MR) is 78.6 cm³/mol. The second kappa shape index (κ2) is 7.59. The molecule has 1 aromatic rings. The largest absolute Gasteiger partial charge is 0.396 e. The number of rotatable bonds is 3. The summed E-state index contributed by atoms with van der Waals surface area (Å²) in [7, 11) is 0. The Balaban J connectivity index is 0.00000147. The van der Waals surface area contributed by atoms with Crippen LogP contribution in [-0.2, 0) is 6.42 Å². The van der Waals surface area contributed by atoms with Crippen molar-refractivity contribution in [2.45, 2.75) is 25.8 Å². The van der Waals surface area contributed by atoms with Gasteiger partial charge in [-0.25, -0.2) is 0 Å². The van der Waals surface area contributed by atoms with E-state index in [1.54, 1.807) is 0 Å². The summed E-state index contributed by atoms with van der Waals surface area (Å²) in [6, 6.07) is 9.25. The number of piperidine rings is 1. The standard InChI is InChI=1S/C16H24N2O.Ac/c1-2-17-9-8-16(14(11-17)12-19)18-10-7-13-5-3-4-6-15(13)18;/h3-6,14,16,19H,2,7-12H2,1H3;. The minimum Gasteiger partial charge on any atom is -0.396 e. The quantitative estimate of drug-likeness (QED) is 0.704. The third kappa shape index (κ3) is 3.24. The first-order valence-corrected chi connectivity index (χ1v) is 7.51. The van der Waals surface area contributed by atoms with E-state index in [4.69, 9.17) is 0 Å². The van der Waals surface area contributed by atoms with Gasteiger partial charge in [0.25, 0.3) is 0 Å². The van der Waals surface area contributed by atoms with E-state index in [1.165, 1.54) is 17.7 Å². The van der Waals surface area contributed by atoms with E-state index >= 15 is 0 Å². The second-order valence-corrected chi connectivity index (χ2v) is 5.76. The Bertz CT molecular complexity index is 440. The minimum atomic E-state index is 0. The maximum Gasteiger partial charge on any atom is 0.0491 e. The summed E-state index contributed by atoms with van der Waals surface area (Å²) < 4.78 is 0. The van der Waals surface area contributed by atoms with E-state index in [0.29, 0.717) is 18.6 Å².